The lowest BCUT2D eigenvalue weighted by molar-refractivity contribution is 0.0382. The highest BCUT2D eigenvalue weighted by atomic mass is 19.1. The van der Waals surface area contributed by atoms with Gasteiger partial charge in [0.25, 0.3) is 0 Å². The number of rotatable bonds is 4. The van der Waals surface area contributed by atoms with Crippen molar-refractivity contribution in [1.82, 2.24) is 4.90 Å². The number of benzene rings is 1. The monoisotopic (exact) mass is 276 g/mol. The molecule has 1 aromatic carbocycles. The molecule has 1 heterocycles. The number of nitrogens with zero attached hydrogens (tertiary/aromatic N) is 2. The zero-order valence-electron chi connectivity index (χ0n) is 11.9. The average molecular weight is 276 g/mol. The van der Waals surface area contributed by atoms with Gasteiger partial charge in [-0.2, -0.15) is 5.26 Å². The van der Waals surface area contributed by atoms with E-state index in [-0.39, 0.29) is 17.8 Å². The molecule has 1 saturated heterocycles. The Bertz CT molecular complexity index is 496. The largest absolute Gasteiger partial charge is 0.396 e. The van der Waals surface area contributed by atoms with E-state index < -0.39 is 0 Å². The van der Waals surface area contributed by atoms with Crippen molar-refractivity contribution in [3.05, 3.63) is 35.1 Å². The zero-order valence-corrected chi connectivity index (χ0v) is 11.9. The first-order valence-corrected chi connectivity index (χ1v) is 7.14. The van der Waals surface area contributed by atoms with Crippen LogP contribution in [0.1, 0.15) is 37.3 Å². The quantitative estimate of drug-likeness (QED) is 0.919. The van der Waals surface area contributed by atoms with Crippen LogP contribution in [0.15, 0.2) is 18.2 Å². The third-order valence-electron chi connectivity index (χ3n) is 4.58. The lowest BCUT2D eigenvalue weighted by Gasteiger charge is -2.40. The normalized spacial score (nSPS) is 18.7. The lowest BCUT2D eigenvalue weighted by Crippen LogP contribution is -2.41. The minimum absolute atomic E-state index is 0.0521. The van der Waals surface area contributed by atoms with Crippen LogP contribution in [-0.2, 0) is 6.54 Å². The van der Waals surface area contributed by atoms with Crippen LogP contribution < -0.4 is 0 Å². The van der Waals surface area contributed by atoms with Crippen molar-refractivity contribution in [3.63, 3.8) is 0 Å². The molecule has 0 saturated carbocycles. The van der Waals surface area contributed by atoms with Crippen LogP contribution in [0, 0.1) is 22.6 Å². The fourth-order valence-electron chi connectivity index (χ4n) is 2.85. The minimum atomic E-state index is -0.297. The molecule has 3 nitrogen and oxygen atoms in total. The smallest absolute Gasteiger partial charge is 0.123 e. The van der Waals surface area contributed by atoms with Gasteiger partial charge in [0.2, 0.25) is 0 Å². The van der Waals surface area contributed by atoms with E-state index in [1.54, 1.807) is 6.07 Å². The molecule has 0 atom stereocenters. The first-order chi connectivity index (χ1) is 9.62. The summed E-state index contributed by atoms with van der Waals surface area (Å²) in [7, 11) is 0. The molecule has 1 fully saturated rings. The third-order valence-corrected chi connectivity index (χ3v) is 4.58. The molecular formula is C16H21FN2O. The predicted molar refractivity (Wildman–Crippen MR) is 75.4 cm³/mol. The number of halogens is 1. The van der Waals surface area contributed by atoms with Gasteiger partial charge in [-0.15, -0.1) is 0 Å². The molecule has 1 aromatic rings. The highest BCUT2D eigenvalue weighted by molar-refractivity contribution is 5.37. The van der Waals surface area contributed by atoms with E-state index in [0.717, 1.165) is 37.9 Å². The van der Waals surface area contributed by atoms with E-state index in [0.29, 0.717) is 12.1 Å². The number of piperidine rings is 1. The second-order valence-electron chi connectivity index (χ2n) is 5.70. The van der Waals surface area contributed by atoms with Crippen molar-refractivity contribution in [2.75, 3.05) is 19.7 Å². The number of aliphatic hydroxyl groups excluding tert-OH is 1. The Morgan fingerprint density at radius 2 is 2.10 bits per heavy atom. The summed E-state index contributed by atoms with van der Waals surface area (Å²) < 4.78 is 13.3. The zero-order chi connectivity index (χ0) is 14.6. The topological polar surface area (TPSA) is 47.3 Å². The Kier molecular flexibility index (Phi) is 4.74. The molecule has 1 N–H and O–H groups in total. The van der Waals surface area contributed by atoms with E-state index in [9.17, 15) is 9.50 Å². The van der Waals surface area contributed by atoms with Gasteiger partial charge < -0.3 is 5.11 Å². The summed E-state index contributed by atoms with van der Waals surface area (Å²) in [5.74, 6) is -0.297. The fraction of sp³-hybridized carbons (Fsp3) is 0.562. The summed E-state index contributed by atoms with van der Waals surface area (Å²) in [6.45, 7) is 4.73. The van der Waals surface area contributed by atoms with Gasteiger partial charge in [0.15, 0.2) is 0 Å². The number of hydrogen-bond donors (Lipinski definition) is 1. The number of nitriles is 1. The maximum atomic E-state index is 13.3. The van der Waals surface area contributed by atoms with Crippen LogP contribution in [0.2, 0.25) is 0 Å². The first-order valence-electron chi connectivity index (χ1n) is 7.14. The van der Waals surface area contributed by atoms with Gasteiger partial charge in [-0.05, 0) is 61.5 Å². The van der Waals surface area contributed by atoms with Crippen LogP contribution in [0.25, 0.3) is 0 Å². The van der Waals surface area contributed by atoms with Gasteiger partial charge in [0, 0.05) is 13.2 Å². The fourth-order valence-corrected chi connectivity index (χ4v) is 2.85. The number of hydrogen-bond acceptors (Lipinski definition) is 3. The summed E-state index contributed by atoms with van der Waals surface area (Å²) in [5.41, 5.74) is 1.35. The van der Waals surface area contributed by atoms with Crippen LogP contribution in [0.4, 0.5) is 4.39 Å². The Morgan fingerprint density at radius 3 is 2.65 bits per heavy atom. The second kappa shape index (κ2) is 6.34. The van der Waals surface area contributed by atoms with Crippen molar-refractivity contribution >= 4 is 0 Å². The summed E-state index contributed by atoms with van der Waals surface area (Å²) >= 11 is 0. The highest BCUT2D eigenvalue weighted by Gasteiger charge is 2.32. The Morgan fingerprint density at radius 1 is 1.40 bits per heavy atom. The maximum absolute atomic E-state index is 13.3. The van der Waals surface area contributed by atoms with Gasteiger partial charge in [0.05, 0.1) is 11.6 Å². The molecular weight excluding hydrogens is 255 g/mol. The van der Waals surface area contributed by atoms with E-state index in [1.165, 1.54) is 12.1 Å². The molecule has 2 rings (SSSR count). The molecule has 108 valence electrons. The van der Waals surface area contributed by atoms with Crippen LogP contribution >= 0.6 is 0 Å². The van der Waals surface area contributed by atoms with Gasteiger partial charge in [-0.1, -0.05) is 6.92 Å². The van der Waals surface area contributed by atoms with Crippen molar-refractivity contribution in [1.29, 1.82) is 5.26 Å². The van der Waals surface area contributed by atoms with Gasteiger partial charge >= 0.3 is 0 Å². The molecule has 4 heteroatoms. The van der Waals surface area contributed by atoms with E-state index in [2.05, 4.69) is 17.9 Å². The number of likely N-dealkylation sites (tertiary alicyclic amines) is 1. The Hall–Kier alpha value is -1.44. The van der Waals surface area contributed by atoms with Gasteiger partial charge in [-0.25, -0.2) is 4.39 Å². The average Bonchev–Trinajstić information content (AvgIpc) is 2.49. The first kappa shape index (κ1) is 15.0. The van der Waals surface area contributed by atoms with Crippen LogP contribution in [0.3, 0.4) is 0 Å². The molecule has 0 bridgehead atoms. The molecule has 0 amide bonds. The maximum Gasteiger partial charge on any atom is 0.123 e. The van der Waals surface area contributed by atoms with Crippen molar-refractivity contribution in [2.45, 2.75) is 32.7 Å². The van der Waals surface area contributed by atoms with Crippen LogP contribution in [-0.4, -0.2) is 29.7 Å². The van der Waals surface area contributed by atoms with Gasteiger partial charge in [0.1, 0.15) is 5.82 Å². The molecule has 0 aliphatic carbocycles. The van der Waals surface area contributed by atoms with Gasteiger partial charge in [-0.3, -0.25) is 4.90 Å². The Labute approximate surface area is 119 Å². The second-order valence-corrected chi connectivity index (χ2v) is 5.70. The van der Waals surface area contributed by atoms with Crippen LogP contribution in [0.5, 0.6) is 0 Å². The Balaban J connectivity index is 2.03. The molecule has 1 aliphatic rings. The summed E-state index contributed by atoms with van der Waals surface area (Å²) in [5, 5.41) is 18.6. The van der Waals surface area contributed by atoms with Crippen molar-refractivity contribution < 1.29 is 9.50 Å². The van der Waals surface area contributed by atoms with E-state index >= 15 is 0 Å². The SMILES string of the molecule is CCC1(CO)CCN(Cc2cc(F)ccc2C#N)CC1. The third kappa shape index (κ3) is 3.17. The molecule has 0 unspecified atom stereocenters. The van der Waals surface area contributed by atoms with E-state index in [4.69, 9.17) is 5.26 Å². The van der Waals surface area contributed by atoms with E-state index in [1.807, 2.05) is 0 Å². The molecule has 0 spiro atoms. The molecule has 20 heavy (non-hydrogen) atoms. The summed E-state index contributed by atoms with van der Waals surface area (Å²) in [4.78, 5) is 2.24. The molecule has 1 aliphatic heterocycles. The van der Waals surface area contributed by atoms with Crippen molar-refractivity contribution in [2.24, 2.45) is 5.41 Å². The standard InChI is InChI=1S/C16H21FN2O/c1-2-16(12-20)5-7-19(8-6-16)11-14-9-15(17)4-3-13(14)10-18/h3-4,9,20H,2,5-8,11-12H2,1H3. The highest BCUT2D eigenvalue weighted by Crippen LogP contribution is 2.34. The summed E-state index contributed by atoms with van der Waals surface area (Å²) in [6.07, 6.45) is 2.90. The minimum Gasteiger partial charge on any atom is -0.396 e. The van der Waals surface area contributed by atoms with Crippen molar-refractivity contribution in [3.8, 4) is 6.07 Å². The predicted octanol–water partition coefficient (Wildman–Crippen LogP) is 2.68. The lowest BCUT2D eigenvalue weighted by atomic mass is 9.77. The molecule has 0 aromatic heterocycles. The number of aliphatic hydroxyl groups is 1. The molecule has 0 radical (unpaired) electrons. The summed E-state index contributed by atoms with van der Waals surface area (Å²) in [6, 6.07) is 6.43.